The smallest absolute Gasteiger partial charge is 0.224 e. The third-order valence-electron chi connectivity index (χ3n) is 2.54. The molecule has 0 heterocycles. The van der Waals surface area contributed by atoms with Crippen molar-refractivity contribution in [3.05, 3.63) is 28.8 Å². The SMILES string of the molecule is CCOCCCC(=O)Nc1cc(/C(N)=N/O)ccc1Cl. The summed E-state index contributed by atoms with van der Waals surface area (Å²) in [6.45, 7) is 3.08. The Morgan fingerprint density at radius 1 is 1.55 bits per heavy atom. The minimum absolute atomic E-state index is 0.0477. The number of carbonyl (C=O) groups excluding carboxylic acids is 1. The van der Waals surface area contributed by atoms with E-state index in [1.54, 1.807) is 18.2 Å². The summed E-state index contributed by atoms with van der Waals surface area (Å²) in [6, 6.07) is 4.73. The van der Waals surface area contributed by atoms with Gasteiger partial charge in [-0.3, -0.25) is 4.79 Å². The maximum atomic E-state index is 11.7. The lowest BCUT2D eigenvalue weighted by Crippen LogP contribution is -2.16. The van der Waals surface area contributed by atoms with Crippen LogP contribution in [0.25, 0.3) is 0 Å². The molecule has 0 aliphatic carbocycles. The molecule has 1 rings (SSSR count). The molecule has 0 saturated heterocycles. The van der Waals surface area contributed by atoms with E-state index < -0.39 is 0 Å². The fourth-order valence-electron chi connectivity index (χ4n) is 1.53. The van der Waals surface area contributed by atoms with Crippen LogP contribution in [0.5, 0.6) is 0 Å². The number of ether oxygens (including phenoxy) is 1. The largest absolute Gasteiger partial charge is 0.409 e. The molecular weight excluding hydrogens is 282 g/mol. The first-order chi connectivity index (χ1) is 9.58. The first-order valence-corrected chi connectivity index (χ1v) is 6.61. The number of benzene rings is 1. The minimum atomic E-state index is -0.164. The van der Waals surface area contributed by atoms with Crippen LogP contribution >= 0.6 is 11.6 Å². The van der Waals surface area contributed by atoms with Crippen LogP contribution in [0.4, 0.5) is 5.69 Å². The Morgan fingerprint density at radius 2 is 2.30 bits per heavy atom. The predicted molar refractivity (Wildman–Crippen MR) is 78.3 cm³/mol. The van der Waals surface area contributed by atoms with Crippen molar-refractivity contribution in [2.75, 3.05) is 18.5 Å². The topological polar surface area (TPSA) is 96.9 Å². The van der Waals surface area contributed by atoms with E-state index in [0.717, 1.165) is 0 Å². The van der Waals surface area contributed by atoms with Gasteiger partial charge < -0.3 is 21.0 Å². The summed E-state index contributed by atoms with van der Waals surface area (Å²) in [6.07, 6.45) is 0.974. The number of nitrogens with zero attached hydrogens (tertiary/aromatic N) is 1. The van der Waals surface area contributed by atoms with Crippen molar-refractivity contribution in [3.8, 4) is 0 Å². The Morgan fingerprint density at radius 3 is 2.95 bits per heavy atom. The molecule has 0 aromatic heterocycles. The van der Waals surface area contributed by atoms with Crippen LogP contribution in [-0.2, 0) is 9.53 Å². The summed E-state index contributed by atoms with van der Waals surface area (Å²) >= 11 is 5.99. The van der Waals surface area contributed by atoms with Gasteiger partial charge in [0.25, 0.3) is 0 Å². The number of rotatable bonds is 7. The molecular formula is C13H18ClN3O3. The molecule has 0 radical (unpaired) electrons. The van der Waals surface area contributed by atoms with Crippen LogP contribution in [-0.4, -0.2) is 30.2 Å². The van der Waals surface area contributed by atoms with Gasteiger partial charge in [-0.15, -0.1) is 0 Å². The summed E-state index contributed by atoms with van der Waals surface area (Å²) in [4.78, 5) is 11.7. The van der Waals surface area contributed by atoms with Gasteiger partial charge in [0.2, 0.25) is 5.91 Å². The number of anilines is 1. The number of hydrogen-bond acceptors (Lipinski definition) is 4. The Labute approximate surface area is 122 Å². The molecule has 1 amide bonds. The molecule has 6 nitrogen and oxygen atoms in total. The monoisotopic (exact) mass is 299 g/mol. The van der Waals surface area contributed by atoms with Crippen molar-refractivity contribution in [1.82, 2.24) is 0 Å². The lowest BCUT2D eigenvalue weighted by molar-refractivity contribution is -0.116. The van der Waals surface area contributed by atoms with Crippen LogP contribution in [0.1, 0.15) is 25.3 Å². The standard InChI is InChI=1S/C13H18ClN3O3/c1-2-20-7-3-4-12(18)16-11-8-9(13(15)17-19)5-6-10(11)14/h5-6,8,19H,2-4,7H2,1H3,(H2,15,17)(H,16,18). The third-order valence-corrected chi connectivity index (χ3v) is 2.87. The van der Waals surface area contributed by atoms with Gasteiger partial charge >= 0.3 is 0 Å². The van der Waals surface area contributed by atoms with Crippen molar-refractivity contribution in [2.24, 2.45) is 10.9 Å². The van der Waals surface area contributed by atoms with Crippen molar-refractivity contribution >= 4 is 29.0 Å². The number of carbonyl (C=O) groups is 1. The second-order valence-corrected chi connectivity index (χ2v) is 4.44. The van der Waals surface area contributed by atoms with Gasteiger partial charge in [-0.2, -0.15) is 0 Å². The highest BCUT2D eigenvalue weighted by Crippen LogP contribution is 2.23. The molecule has 1 aromatic rings. The van der Waals surface area contributed by atoms with E-state index in [2.05, 4.69) is 10.5 Å². The number of hydrogen-bond donors (Lipinski definition) is 3. The van der Waals surface area contributed by atoms with E-state index in [-0.39, 0.29) is 11.7 Å². The highest BCUT2D eigenvalue weighted by molar-refractivity contribution is 6.33. The van der Waals surface area contributed by atoms with Gasteiger partial charge in [0.1, 0.15) is 0 Å². The zero-order chi connectivity index (χ0) is 15.0. The Bertz CT molecular complexity index is 492. The molecule has 0 atom stereocenters. The summed E-state index contributed by atoms with van der Waals surface area (Å²) in [5.74, 6) is -0.211. The zero-order valence-corrected chi connectivity index (χ0v) is 12.0. The number of nitrogens with one attached hydrogen (secondary N) is 1. The average Bonchev–Trinajstić information content (AvgIpc) is 2.45. The maximum absolute atomic E-state index is 11.7. The normalized spacial score (nSPS) is 11.4. The fraction of sp³-hybridized carbons (Fsp3) is 0.385. The number of nitrogens with two attached hydrogens (primary N) is 1. The van der Waals surface area contributed by atoms with Crippen LogP contribution in [0.2, 0.25) is 5.02 Å². The van der Waals surface area contributed by atoms with Gasteiger partial charge in [0.05, 0.1) is 10.7 Å². The molecule has 4 N–H and O–H groups in total. The quantitative estimate of drug-likeness (QED) is 0.236. The highest BCUT2D eigenvalue weighted by Gasteiger charge is 2.08. The van der Waals surface area contributed by atoms with E-state index in [1.165, 1.54) is 0 Å². The first-order valence-electron chi connectivity index (χ1n) is 6.23. The van der Waals surface area contributed by atoms with E-state index in [1.807, 2.05) is 6.92 Å². The van der Waals surface area contributed by atoms with Crippen LogP contribution in [0.15, 0.2) is 23.4 Å². The number of oxime groups is 1. The van der Waals surface area contributed by atoms with E-state index in [9.17, 15) is 4.79 Å². The lowest BCUT2D eigenvalue weighted by atomic mass is 10.2. The van der Waals surface area contributed by atoms with Gasteiger partial charge in [0.15, 0.2) is 5.84 Å². The first kappa shape index (κ1) is 16.3. The summed E-state index contributed by atoms with van der Waals surface area (Å²) in [5, 5.41) is 14.6. The van der Waals surface area contributed by atoms with Crippen molar-refractivity contribution in [3.63, 3.8) is 0 Å². The number of amidine groups is 1. The molecule has 0 aliphatic heterocycles. The molecule has 0 saturated carbocycles. The minimum Gasteiger partial charge on any atom is -0.409 e. The Hall–Kier alpha value is -1.79. The van der Waals surface area contributed by atoms with Gasteiger partial charge in [0, 0.05) is 25.2 Å². The van der Waals surface area contributed by atoms with Crippen LogP contribution in [0.3, 0.4) is 0 Å². The van der Waals surface area contributed by atoms with Crippen molar-refractivity contribution in [2.45, 2.75) is 19.8 Å². The molecule has 0 aliphatic rings. The van der Waals surface area contributed by atoms with E-state index in [4.69, 9.17) is 27.3 Å². The average molecular weight is 300 g/mol. The van der Waals surface area contributed by atoms with Crippen LogP contribution < -0.4 is 11.1 Å². The van der Waals surface area contributed by atoms with Crippen molar-refractivity contribution in [1.29, 1.82) is 0 Å². The summed E-state index contributed by atoms with van der Waals surface area (Å²) in [5.41, 5.74) is 6.39. The second kappa shape index (κ2) is 8.39. The van der Waals surface area contributed by atoms with E-state index >= 15 is 0 Å². The summed E-state index contributed by atoms with van der Waals surface area (Å²) < 4.78 is 5.16. The third kappa shape index (κ3) is 5.07. The molecule has 0 spiro atoms. The van der Waals surface area contributed by atoms with Gasteiger partial charge in [-0.05, 0) is 31.5 Å². The maximum Gasteiger partial charge on any atom is 0.224 e. The summed E-state index contributed by atoms with van der Waals surface area (Å²) in [7, 11) is 0. The zero-order valence-electron chi connectivity index (χ0n) is 11.2. The number of amides is 1. The number of halogens is 1. The van der Waals surface area contributed by atoms with Crippen molar-refractivity contribution < 1.29 is 14.7 Å². The fourth-order valence-corrected chi connectivity index (χ4v) is 1.69. The van der Waals surface area contributed by atoms with Gasteiger partial charge in [-0.25, -0.2) is 0 Å². The highest BCUT2D eigenvalue weighted by atomic mass is 35.5. The molecule has 110 valence electrons. The molecule has 0 bridgehead atoms. The predicted octanol–water partition coefficient (Wildman–Crippen LogP) is 2.19. The van der Waals surface area contributed by atoms with Crippen LogP contribution in [0, 0.1) is 0 Å². The van der Waals surface area contributed by atoms with Gasteiger partial charge in [-0.1, -0.05) is 16.8 Å². The molecule has 0 fully saturated rings. The molecule has 7 heteroatoms. The molecule has 0 unspecified atom stereocenters. The second-order valence-electron chi connectivity index (χ2n) is 4.03. The lowest BCUT2D eigenvalue weighted by Gasteiger charge is -2.09. The molecule has 20 heavy (non-hydrogen) atoms. The molecule has 1 aromatic carbocycles. The Balaban J connectivity index is 2.64. The van der Waals surface area contributed by atoms with E-state index in [0.29, 0.717) is 42.3 Å². The Kier molecular flexibility index (Phi) is 6.83.